The third kappa shape index (κ3) is 4.40. The fourth-order valence-corrected chi connectivity index (χ4v) is 11.5. The van der Waals surface area contributed by atoms with Gasteiger partial charge in [-0.3, -0.25) is 0 Å². The van der Waals surface area contributed by atoms with Crippen LogP contribution in [0.25, 0.3) is 93.1 Å². The summed E-state index contributed by atoms with van der Waals surface area (Å²) in [6.07, 6.45) is 7.78. The minimum Gasteiger partial charge on any atom is -0.310 e. The smallest absolute Gasteiger partial charge is 0.195 e. The van der Waals surface area contributed by atoms with Crippen LogP contribution >= 0.6 is 0 Å². The summed E-state index contributed by atoms with van der Waals surface area (Å²) in [6, 6.07) is 28.0. The molecule has 7 aromatic carbocycles. The van der Waals surface area contributed by atoms with Crippen molar-refractivity contribution in [3.63, 3.8) is 0 Å². The zero-order valence-electron chi connectivity index (χ0n) is 34.6. The maximum atomic E-state index is 7.53. The first-order chi connectivity index (χ1) is 29.9. The number of nitrogens with zero attached hydrogens (tertiary/aromatic N) is 3. The van der Waals surface area contributed by atoms with Crippen molar-refractivity contribution in [1.29, 1.82) is 0 Å². The lowest BCUT2D eigenvalue weighted by molar-refractivity contribution is 0.289. The van der Waals surface area contributed by atoms with Gasteiger partial charge in [-0.05, 0) is 85.7 Å². The highest BCUT2D eigenvalue weighted by molar-refractivity contribution is 6.83. The molecule has 1 spiro atoms. The lowest BCUT2D eigenvalue weighted by Crippen LogP contribution is -2.60. The molecular formula is C50H29B9N3. The Balaban J connectivity index is 0.000000597. The Labute approximate surface area is 370 Å². The molecule has 4 aromatic heterocycles. The molecule has 3 aliphatic rings. The van der Waals surface area contributed by atoms with E-state index in [0.29, 0.717) is 65.6 Å². The molecular weight excluding hydrogens is 740 g/mol. The number of fused-ring (bicyclic) bond motifs is 15. The number of para-hydroxylation sites is 3. The zero-order chi connectivity index (χ0) is 42.4. The minimum absolute atomic E-state index is 0.262. The summed E-state index contributed by atoms with van der Waals surface area (Å²) in [5.41, 5.74) is 15.2. The van der Waals surface area contributed by atoms with Gasteiger partial charge in [0.2, 0.25) is 0 Å². The number of benzene rings is 7. The molecule has 62 heavy (non-hydrogen) atoms. The molecule has 2 saturated carbocycles. The van der Waals surface area contributed by atoms with E-state index in [0.717, 1.165) is 60.6 Å². The number of rotatable bonds is 1. The summed E-state index contributed by atoms with van der Waals surface area (Å²) in [7, 11) is 57.0. The fourth-order valence-electron chi connectivity index (χ4n) is 11.5. The molecule has 5 heterocycles. The first kappa shape index (κ1) is 37.1. The molecule has 0 saturated heterocycles. The Morgan fingerprint density at radius 2 is 1.03 bits per heavy atom. The molecule has 17 radical (unpaired) electrons. The van der Waals surface area contributed by atoms with Crippen molar-refractivity contribution < 1.29 is 0 Å². The van der Waals surface area contributed by atoms with Crippen LogP contribution in [0.4, 0.5) is 0 Å². The standard InChI is InChI=1S/C44H19B9N3.C6H10/c1-16-30(45)34(49)36(51)38-41(16)56-40-17(2)31(46)44(33(48)29(40)28-32(47)35(50)37(52)39(53-38)43(28)56)55-23-13-6-4-9-20(23)26-24(55)14-15-25-27(26)21-11-7-10-19-18-8-3-5-12-22(18)54(25)42(19)21;1-2-6(3-1)4-5-6/h3-15H,1-2H3;1-5H2. The summed E-state index contributed by atoms with van der Waals surface area (Å²) < 4.78 is 6.69. The van der Waals surface area contributed by atoms with Crippen molar-refractivity contribution in [2.24, 2.45) is 5.41 Å². The second-order valence-electron chi connectivity index (χ2n) is 18.1. The molecule has 0 atom stereocenters. The Morgan fingerprint density at radius 1 is 0.419 bits per heavy atom. The molecule has 11 aromatic rings. The van der Waals surface area contributed by atoms with Gasteiger partial charge in [-0.15, -0.1) is 21.9 Å². The van der Waals surface area contributed by atoms with Gasteiger partial charge in [0.1, 0.15) is 62.8 Å². The number of aryl methyl sites for hydroxylation is 1. The maximum Gasteiger partial charge on any atom is 0.195 e. The van der Waals surface area contributed by atoms with Gasteiger partial charge in [-0.25, -0.2) is 0 Å². The van der Waals surface area contributed by atoms with E-state index in [-0.39, 0.29) is 5.46 Å². The van der Waals surface area contributed by atoms with Crippen LogP contribution in [-0.2, 0) is 0 Å². The van der Waals surface area contributed by atoms with Crippen LogP contribution in [0.2, 0.25) is 0 Å². The van der Waals surface area contributed by atoms with Gasteiger partial charge < -0.3 is 13.5 Å². The highest BCUT2D eigenvalue weighted by Gasteiger charge is 2.47. The van der Waals surface area contributed by atoms with Gasteiger partial charge >= 0.3 is 0 Å². The third-order valence-electron chi connectivity index (χ3n) is 15.1. The quantitative estimate of drug-likeness (QED) is 0.227. The molecule has 0 amide bonds. The average molecular weight is 769 g/mol. The van der Waals surface area contributed by atoms with E-state index in [1.54, 1.807) is 25.7 Å². The van der Waals surface area contributed by atoms with Crippen LogP contribution in [0, 0.1) is 19.3 Å². The van der Waals surface area contributed by atoms with Crippen molar-refractivity contribution >= 4 is 206 Å². The van der Waals surface area contributed by atoms with E-state index in [4.69, 9.17) is 62.8 Å². The summed E-state index contributed by atoms with van der Waals surface area (Å²) in [6.45, 7) is 3.94. The van der Waals surface area contributed by atoms with Crippen molar-refractivity contribution in [3.8, 4) is 11.4 Å². The second-order valence-corrected chi connectivity index (χ2v) is 18.1. The first-order valence-corrected chi connectivity index (χ1v) is 21.4. The minimum atomic E-state index is 0.262. The molecule has 2 fully saturated rings. The van der Waals surface area contributed by atoms with Gasteiger partial charge in [-0.1, -0.05) is 93.8 Å². The molecule has 2 aliphatic carbocycles. The van der Waals surface area contributed by atoms with E-state index >= 15 is 0 Å². The van der Waals surface area contributed by atoms with Crippen LogP contribution in [0.5, 0.6) is 0 Å². The monoisotopic (exact) mass is 770 g/mol. The third-order valence-corrected chi connectivity index (χ3v) is 15.1. The molecule has 1 aliphatic heterocycles. The van der Waals surface area contributed by atoms with Crippen LogP contribution in [0.15, 0.2) is 78.9 Å². The van der Waals surface area contributed by atoms with Crippen LogP contribution < -0.4 is 54.6 Å². The highest BCUT2D eigenvalue weighted by atomic mass is 15.0. The molecule has 14 rings (SSSR count). The van der Waals surface area contributed by atoms with Crippen LogP contribution in [0.1, 0.15) is 43.2 Å². The SMILES string of the molecule is C1CC2(C1)CC2.[B]c1c([B])c(C)c2c(c1[B])[B]c1c([B])c([B])c([B])c3c4c([B])c(-n5c6ccccc6c6c7c8cccc9c%10ccccc%10n(c7ccc65)c98)c([B])c(C)c4n-2c13. The van der Waals surface area contributed by atoms with Gasteiger partial charge in [-0.2, -0.15) is 0 Å². The summed E-state index contributed by atoms with van der Waals surface area (Å²) in [5.74, 6) is 0. The van der Waals surface area contributed by atoms with E-state index in [9.17, 15) is 0 Å². The van der Waals surface area contributed by atoms with Crippen molar-refractivity contribution in [1.82, 2.24) is 13.5 Å². The first-order valence-electron chi connectivity index (χ1n) is 21.4. The molecule has 0 N–H and O–H groups in total. The normalized spacial score (nSPS) is 15.1. The molecule has 0 bridgehead atoms. The number of aromatic nitrogens is 3. The molecule has 271 valence electrons. The van der Waals surface area contributed by atoms with Crippen LogP contribution in [0.3, 0.4) is 0 Å². The molecule has 0 unspecified atom stereocenters. The maximum absolute atomic E-state index is 7.53. The van der Waals surface area contributed by atoms with Gasteiger partial charge in [0.05, 0.1) is 33.1 Å². The Kier molecular flexibility index (Phi) is 7.40. The average Bonchev–Trinajstić information content (AvgIpc) is 3.64. The van der Waals surface area contributed by atoms with E-state index < -0.39 is 0 Å². The van der Waals surface area contributed by atoms with Gasteiger partial charge in [0, 0.05) is 54.6 Å². The Hall–Kier alpha value is -5.48. The lowest BCUT2D eigenvalue weighted by Gasteiger charge is -2.30. The van der Waals surface area contributed by atoms with Crippen molar-refractivity contribution in [2.45, 2.75) is 46.0 Å². The van der Waals surface area contributed by atoms with E-state index in [1.165, 1.54) is 39.0 Å². The van der Waals surface area contributed by atoms with Crippen molar-refractivity contribution in [3.05, 3.63) is 90.0 Å². The summed E-state index contributed by atoms with van der Waals surface area (Å²) >= 11 is 0. The Bertz CT molecular complexity index is 3880. The molecule has 12 heteroatoms. The largest absolute Gasteiger partial charge is 0.310 e. The second kappa shape index (κ2) is 12.4. The predicted octanol–water partition coefficient (Wildman–Crippen LogP) is 1.92. The Morgan fingerprint density at radius 3 is 1.74 bits per heavy atom. The van der Waals surface area contributed by atoms with E-state index in [1.807, 2.05) is 27.2 Å². The summed E-state index contributed by atoms with van der Waals surface area (Å²) in [5, 5.41) is 8.43. The van der Waals surface area contributed by atoms with Gasteiger partial charge in [0.15, 0.2) is 7.28 Å². The fraction of sp³-hybridized carbons (Fsp3) is 0.160. The number of hydrogen-bond donors (Lipinski definition) is 0. The molecule has 3 nitrogen and oxygen atoms in total. The van der Waals surface area contributed by atoms with E-state index in [2.05, 4.69) is 86.3 Å². The zero-order valence-corrected chi connectivity index (χ0v) is 34.6. The predicted molar refractivity (Wildman–Crippen MR) is 273 cm³/mol. The van der Waals surface area contributed by atoms with Crippen molar-refractivity contribution in [2.75, 3.05) is 0 Å². The lowest BCUT2D eigenvalue weighted by atomic mass is 9.50. The topological polar surface area (TPSA) is 14.3 Å². The summed E-state index contributed by atoms with van der Waals surface area (Å²) in [4.78, 5) is 0. The number of hydrogen-bond acceptors (Lipinski definition) is 0. The highest BCUT2D eigenvalue weighted by Crippen LogP contribution is 2.60. The van der Waals surface area contributed by atoms with Gasteiger partial charge in [0.25, 0.3) is 0 Å². The van der Waals surface area contributed by atoms with Crippen LogP contribution in [-0.4, -0.2) is 83.6 Å².